The van der Waals surface area contributed by atoms with E-state index in [1.807, 2.05) is 12.1 Å². The highest BCUT2D eigenvalue weighted by molar-refractivity contribution is 5.81. The molecule has 1 unspecified atom stereocenters. The molecule has 2 heterocycles. The molecule has 98 valence electrons. The third-order valence-corrected chi connectivity index (χ3v) is 3.38. The molecule has 1 aromatic heterocycles. The molecular formula is C13H20N4O. The van der Waals surface area contributed by atoms with Crippen molar-refractivity contribution in [3.05, 3.63) is 30.1 Å². The summed E-state index contributed by atoms with van der Waals surface area (Å²) in [5, 5.41) is 2.75. The van der Waals surface area contributed by atoms with Crippen LogP contribution >= 0.6 is 0 Å². The highest BCUT2D eigenvalue weighted by atomic mass is 16.2. The summed E-state index contributed by atoms with van der Waals surface area (Å²) in [7, 11) is 3.75. The van der Waals surface area contributed by atoms with Gasteiger partial charge < -0.3 is 10.2 Å². The minimum atomic E-state index is -0.0677. The molecule has 1 N–H and O–H groups in total. The van der Waals surface area contributed by atoms with E-state index in [9.17, 15) is 4.79 Å². The highest BCUT2D eigenvalue weighted by Gasteiger charge is 2.30. The first kappa shape index (κ1) is 13.0. The summed E-state index contributed by atoms with van der Waals surface area (Å²) in [6, 6.07) is 3.93. The lowest BCUT2D eigenvalue weighted by Gasteiger charge is -2.38. The number of nitrogens with zero attached hydrogens (tertiary/aromatic N) is 3. The van der Waals surface area contributed by atoms with Gasteiger partial charge in [0.2, 0.25) is 5.91 Å². The molecule has 0 radical (unpaired) electrons. The maximum absolute atomic E-state index is 11.9. The second-order valence-electron chi connectivity index (χ2n) is 4.72. The normalized spacial score (nSPS) is 21.8. The molecule has 18 heavy (non-hydrogen) atoms. The summed E-state index contributed by atoms with van der Waals surface area (Å²) >= 11 is 0. The van der Waals surface area contributed by atoms with Crippen LogP contribution in [0.25, 0.3) is 0 Å². The predicted molar refractivity (Wildman–Crippen MR) is 70.0 cm³/mol. The minimum Gasteiger partial charge on any atom is -0.358 e. The van der Waals surface area contributed by atoms with Crippen molar-refractivity contribution in [2.24, 2.45) is 0 Å². The van der Waals surface area contributed by atoms with Gasteiger partial charge in [-0.05, 0) is 24.7 Å². The fourth-order valence-electron chi connectivity index (χ4n) is 2.28. The molecule has 1 aliphatic rings. The van der Waals surface area contributed by atoms with Gasteiger partial charge in [0, 0.05) is 45.6 Å². The number of hydrogen-bond acceptors (Lipinski definition) is 4. The second kappa shape index (κ2) is 5.93. The van der Waals surface area contributed by atoms with Crippen LogP contribution in [0.4, 0.5) is 0 Å². The molecule has 1 aliphatic heterocycles. The molecule has 0 aliphatic carbocycles. The number of carbonyl (C=O) groups excluding carboxylic acids is 1. The highest BCUT2D eigenvalue weighted by Crippen LogP contribution is 2.13. The largest absolute Gasteiger partial charge is 0.358 e. The zero-order chi connectivity index (χ0) is 13.0. The Kier molecular flexibility index (Phi) is 4.28. The van der Waals surface area contributed by atoms with Gasteiger partial charge in [0.05, 0.1) is 0 Å². The number of nitrogens with one attached hydrogen (secondary N) is 1. The zero-order valence-corrected chi connectivity index (χ0v) is 11.0. The maximum Gasteiger partial charge on any atom is 0.238 e. The summed E-state index contributed by atoms with van der Waals surface area (Å²) < 4.78 is 0. The van der Waals surface area contributed by atoms with Crippen molar-refractivity contribution in [2.75, 3.05) is 33.7 Å². The van der Waals surface area contributed by atoms with Gasteiger partial charge in [0.25, 0.3) is 0 Å². The van der Waals surface area contributed by atoms with E-state index in [2.05, 4.69) is 27.1 Å². The van der Waals surface area contributed by atoms with Crippen LogP contribution in [0.15, 0.2) is 24.5 Å². The van der Waals surface area contributed by atoms with Crippen LogP contribution in [-0.2, 0) is 11.3 Å². The Labute approximate surface area is 108 Å². The number of amides is 1. The van der Waals surface area contributed by atoms with Crippen molar-refractivity contribution >= 4 is 5.91 Å². The van der Waals surface area contributed by atoms with E-state index >= 15 is 0 Å². The number of piperazine rings is 1. The van der Waals surface area contributed by atoms with Crippen molar-refractivity contribution in [1.29, 1.82) is 0 Å². The Morgan fingerprint density at radius 3 is 2.83 bits per heavy atom. The molecule has 2 rings (SSSR count). The van der Waals surface area contributed by atoms with Gasteiger partial charge >= 0.3 is 0 Å². The van der Waals surface area contributed by atoms with Crippen molar-refractivity contribution in [1.82, 2.24) is 20.1 Å². The average Bonchev–Trinajstić information content (AvgIpc) is 2.41. The third-order valence-electron chi connectivity index (χ3n) is 3.38. The van der Waals surface area contributed by atoms with Crippen molar-refractivity contribution in [3.8, 4) is 0 Å². The Balaban J connectivity index is 2.07. The number of pyridine rings is 1. The van der Waals surface area contributed by atoms with E-state index in [0.29, 0.717) is 0 Å². The molecule has 1 saturated heterocycles. The molecule has 5 heteroatoms. The molecule has 0 bridgehead atoms. The van der Waals surface area contributed by atoms with Crippen LogP contribution < -0.4 is 5.32 Å². The molecular weight excluding hydrogens is 228 g/mol. The van der Waals surface area contributed by atoms with Gasteiger partial charge in [0.15, 0.2) is 0 Å². The second-order valence-corrected chi connectivity index (χ2v) is 4.72. The van der Waals surface area contributed by atoms with E-state index in [-0.39, 0.29) is 11.9 Å². The van der Waals surface area contributed by atoms with Gasteiger partial charge in [-0.25, -0.2) is 0 Å². The van der Waals surface area contributed by atoms with Crippen LogP contribution in [0.5, 0.6) is 0 Å². The van der Waals surface area contributed by atoms with Crippen LogP contribution in [0, 0.1) is 0 Å². The average molecular weight is 248 g/mol. The maximum atomic E-state index is 11.9. The van der Waals surface area contributed by atoms with Gasteiger partial charge in [-0.2, -0.15) is 0 Å². The molecule has 0 spiro atoms. The van der Waals surface area contributed by atoms with Crippen LogP contribution in [0.2, 0.25) is 0 Å². The third kappa shape index (κ3) is 3.05. The molecule has 1 atom stereocenters. The van der Waals surface area contributed by atoms with E-state index in [1.54, 1.807) is 19.4 Å². The van der Waals surface area contributed by atoms with E-state index < -0.39 is 0 Å². The molecule has 0 saturated carbocycles. The predicted octanol–water partition coefficient (Wildman–Crippen LogP) is -0.0564. The van der Waals surface area contributed by atoms with E-state index in [0.717, 1.165) is 26.2 Å². The van der Waals surface area contributed by atoms with Gasteiger partial charge in [0.1, 0.15) is 6.04 Å². The number of aromatic nitrogens is 1. The van der Waals surface area contributed by atoms with Crippen molar-refractivity contribution < 1.29 is 4.79 Å². The standard InChI is InChI=1S/C13H20N4O/c1-14-13(18)12-10-16(2)7-8-17(12)9-11-3-5-15-6-4-11/h3-6,12H,7-10H2,1-2H3,(H,14,18). The summed E-state index contributed by atoms with van der Waals surface area (Å²) in [6.45, 7) is 3.49. The number of hydrogen-bond donors (Lipinski definition) is 1. The summed E-state index contributed by atoms with van der Waals surface area (Å²) in [5.41, 5.74) is 1.20. The Morgan fingerprint density at radius 1 is 1.44 bits per heavy atom. The summed E-state index contributed by atoms with van der Waals surface area (Å²) in [5.74, 6) is 0.0932. The summed E-state index contributed by atoms with van der Waals surface area (Å²) in [4.78, 5) is 20.4. The molecule has 0 aromatic carbocycles. The topological polar surface area (TPSA) is 48.5 Å². The molecule has 5 nitrogen and oxygen atoms in total. The monoisotopic (exact) mass is 248 g/mol. The zero-order valence-electron chi connectivity index (χ0n) is 11.0. The lowest BCUT2D eigenvalue weighted by molar-refractivity contribution is -0.128. The van der Waals surface area contributed by atoms with Crippen molar-refractivity contribution in [3.63, 3.8) is 0 Å². The minimum absolute atomic E-state index is 0.0677. The first-order valence-electron chi connectivity index (χ1n) is 6.24. The van der Waals surface area contributed by atoms with Gasteiger partial charge in [-0.1, -0.05) is 0 Å². The Hall–Kier alpha value is -1.46. The molecule has 1 aromatic rings. The van der Waals surface area contributed by atoms with Gasteiger partial charge in [-0.15, -0.1) is 0 Å². The quantitative estimate of drug-likeness (QED) is 0.814. The van der Waals surface area contributed by atoms with Crippen LogP contribution in [0.1, 0.15) is 5.56 Å². The first-order chi connectivity index (χ1) is 8.70. The fourth-order valence-corrected chi connectivity index (χ4v) is 2.28. The number of likely N-dealkylation sites (N-methyl/N-ethyl adjacent to an activating group) is 2. The SMILES string of the molecule is CNC(=O)C1CN(C)CCN1Cc1ccncc1. The number of rotatable bonds is 3. The summed E-state index contributed by atoms with van der Waals surface area (Å²) in [6.07, 6.45) is 3.58. The Morgan fingerprint density at radius 2 is 2.17 bits per heavy atom. The fraction of sp³-hybridized carbons (Fsp3) is 0.538. The molecule has 1 amide bonds. The smallest absolute Gasteiger partial charge is 0.238 e. The van der Waals surface area contributed by atoms with Crippen molar-refractivity contribution in [2.45, 2.75) is 12.6 Å². The van der Waals surface area contributed by atoms with E-state index in [1.165, 1.54) is 5.56 Å². The first-order valence-corrected chi connectivity index (χ1v) is 6.24. The Bertz CT molecular complexity index is 395. The van der Waals surface area contributed by atoms with Crippen LogP contribution in [-0.4, -0.2) is 60.5 Å². The lowest BCUT2D eigenvalue weighted by atomic mass is 10.1. The van der Waals surface area contributed by atoms with E-state index in [4.69, 9.17) is 0 Å². The lowest BCUT2D eigenvalue weighted by Crippen LogP contribution is -2.57. The van der Waals surface area contributed by atoms with Gasteiger partial charge in [-0.3, -0.25) is 14.7 Å². The van der Waals surface area contributed by atoms with Crippen LogP contribution in [0.3, 0.4) is 0 Å². The molecule has 1 fully saturated rings. The number of carbonyl (C=O) groups is 1.